The summed E-state index contributed by atoms with van der Waals surface area (Å²) in [6.45, 7) is 0. The van der Waals surface area contributed by atoms with E-state index in [1.165, 1.54) is 0 Å². The predicted molar refractivity (Wildman–Crippen MR) is 112 cm³/mol. The van der Waals surface area contributed by atoms with Crippen LogP contribution in [-0.4, -0.2) is 19.6 Å². The Morgan fingerprint density at radius 3 is 1.21 bits per heavy atom. The van der Waals surface area contributed by atoms with Gasteiger partial charge in [0, 0.05) is 11.1 Å². The third-order valence-electron chi connectivity index (χ3n) is 4.76. The molecule has 4 heteroatoms. The highest BCUT2D eigenvalue weighted by Gasteiger charge is 2.10. The maximum atomic E-state index is 4.51. The molecule has 0 amide bonds. The number of rotatable bonds is 4. The fourth-order valence-electron chi connectivity index (χ4n) is 3.41. The Balaban J connectivity index is 1.51. The molecule has 0 radical (unpaired) electrons. The molecule has 0 unspecified atom stereocenters. The van der Waals surface area contributed by atoms with Gasteiger partial charge in [0.25, 0.3) is 0 Å². The van der Waals surface area contributed by atoms with E-state index in [-0.39, 0.29) is 0 Å². The van der Waals surface area contributed by atoms with Crippen molar-refractivity contribution in [1.29, 1.82) is 0 Å². The maximum absolute atomic E-state index is 4.51. The molecule has 0 saturated heterocycles. The number of hydrogen-bond donors (Lipinski definition) is 0. The summed E-state index contributed by atoms with van der Waals surface area (Å²) in [5.41, 5.74) is 6.45. The quantitative estimate of drug-likeness (QED) is 0.429. The maximum Gasteiger partial charge on any atom is 0.0740 e. The first-order valence-electron chi connectivity index (χ1n) is 9.20. The molecule has 0 bridgehead atoms. The van der Waals surface area contributed by atoms with Crippen LogP contribution in [0.2, 0.25) is 0 Å². The predicted octanol–water partition coefficient (Wildman–Crippen LogP) is 5.39. The first-order chi connectivity index (χ1) is 13.9. The lowest BCUT2D eigenvalue weighted by molar-refractivity contribution is 0.872. The summed E-state index contributed by atoms with van der Waals surface area (Å²) >= 11 is 0. The van der Waals surface area contributed by atoms with E-state index >= 15 is 0 Å². The summed E-state index contributed by atoms with van der Waals surface area (Å²) in [6, 6.07) is 32.9. The number of nitrogens with zero attached hydrogens (tertiary/aromatic N) is 4. The van der Waals surface area contributed by atoms with Gasteiger partial charge in [0.2, 0.25) is 0 Å². The molecule has 0 aliphatic heterocycles. The SMILES string of the molecule is c1ccc(-c2ccnn2-c2ccc(-n3nccc3-c3ccccc3)cc2)cc1. The summed E-state index contributed by atoms with van der Waals surface area (Å²) in [7, 11) is 0. The monoisotopic (exact) mass is 362 g/mol. The van der Waals surface area contributed by atoms with Gasteiger partial charge in [-0.1, -0.05) is 60.7 Å². The van der Waals surface area contributed by atoms with Gasteiger partial charge < -0.3 is 0 Å². The van der Waals surface area contributed by atoms with Gasteiger partial charge >= 0.3 is 0 Å². The molecule has 28 heavy (non-hydrogen) atoms. The van der Waals surface area contributed by atoms with Gasteiger partial charge in [0.15, 0.2) is 0 Å². The molecular formula is C24H18N4. The summed E-state index contributed by atoms with van der Waals surface area (Å²) in [5.74, 6) is 0. The average Bonchev–Trinajstić information content (AvgIpc) is 3.45. The summed E-state index contributed by atoms with van der Waals surface area (Å²) in [6.07, 6.45) is 3.66. The van der Waals surface area contributed by atoms with E-state index < -0.39 is 0 Å². The van der Waals surface area contributed by atoms with Gasteiger partial charge in [-0.25, -0.2) is 9.36 Å². The van der Waals surface area contributed by atoms with Crippen molar-refractivity contribution in [2.24, 2.45) is 0 Å². The summed E-state index contributed by atoms with van der Waals surface area (Å²) in [5, 5.41) is 9.03. The van der Waals surface area contributed by atoms with Gasteiger partial charge in [-0.3, -0.25) is 0 Å². The van der Waals surface area contributed by atoms with Crippen LogP contribution in [0.15, 0.2) is 109 Å². The van der Waals surface area contributed by atoms with Crippen molar-refractivity contribution in [2.45, 2.75) is 0 Å². The minimum absolute atomic E-state index is 1.01. The van der Waals surface area contributed by atoms with Crippen LogP contribution < -0.4 is 0 Å². The molecule has 134 valence electrons. The van der Waals surface area contributed by atoms with Gasteiger partial charge in [-0.15, -0.1) is 0 Å². The second kappa shape index (κ2) is 7.00. The molecule has 0 fully saturated rings. The Bertz CT molecular complexity index is 1090. The number of aromatic nitrogens is 4. The Kier molecular flexibility index (Phi) is 4.07. The van der Waals surface area contributed by atoms with Crippen LogP contribution in [0.3, 0.4) is 0 Å². The third kappa shape index (κ3) is 2.91. The number of hydrogen-bond acceptors (Lipinski definition) is 2. The van der Waals surface area contributed by atoms with Crippen molar-refractivity contribution in [3.63, 3.8) is 0 Å². The molecule has 0 saturated carbocycles. The Labute approximate surface area is 163 Å². The van der Waals surface area contributed by atoms with Gasteiger partial charge in [0.1, 0.15) is 0 Å². The van der Waals surface area contributed by atoms with Crippen molar-refractivity contribution in [3.05, 3.63) is 109 Å². The Morgan fingerprint density at radius 2 is 0.821 bits per heavy atom. The van der Waals surface area contributed by atoms with Gasteiger partial charge in [-0.2, -0.15) is 10.2 Å². The van der Waals surface area contributed by atoms with Crippen molar-refractivity contribution in [3.8, 4) is 33.9 Å². The van der Waals surface area contributed by atoms with E-state index in [1.807, 2.05) is 70.3 Å². The molecular weight excluding hydrogens is 344 g/mol. The van der Waals surface area contributed by atoms with Crippen molar-refractivity contribution < 1.29 is 0 Å². The zero-order valence-corrected chi connectivity index (χ0v) is 15.2. The van der Waals surface area contributed by atoms with Crippen molar-refractivity contribution >= 4 is 0 Å². The normalized spacial score (nSPS) is 10.9. The zero-order valence-electron chi connectivity index (χ0n) is 15.2. The van der Waals surface area contributed by atoms with Crippen LogP contribution in [0.4, 0.5) is 0 Å². The van der Waals surface area contributed by atoms with E-state index in [2.05, 4.69) is 58.7 Å². The molecule has 5 rings (SSSR count). The second-order valence-electron chi connectivity index (χ2n) is 6.50. The van der Waals surface area contributed by atoms with Crippen LogP contribution in [0, 0.1) is 0 Å². The number of benzene rings is 3. The zero-order chi connectivity index (χ0) is 18.8. The fourth-order valence-corrected chi connectivity index (χ4v) is 3.41. The van der Waals surface area contributed by atoms with E-state index in [9.17, 15) is 0 Å². The van der Waals surface area contributed by atoms with Crippen molar-refractivity contribution in [1.82, 2.24) is 19.6 Å². The van der Waals surface area contributed by atoms with Crippen LogP contribution in [0.5, 0.6) is 0 Å². The van der Waals surface area contributed by atoms with E-state index in [0.717, 1.165) is 33.9 Å². The molecule has 0 aliphatic rings. The molecule has 0 N–H and O–H groups in total. The lowest BCUT2D eigenvalue weighted by atomic mass is 10.1. The van der Waals surface area contributed by atoms with Crippen LogP contribution in [-0.2, 0) is 0 Å². The standard InChI is InChI=1S/C24H18N4/c1-3-7-19(8-4-1)23-15-17-25-27(23)21-11-13-22(14-12-21)28-24(16-18-26-28)20-9-5-2-6-10-20/h1-18H. The first kappa shape index (κ1) is 16.3. The van der Waals surface area contributed by atoms with Crippen LogP contribution >= 0.6 is 0 Å². The van der Waals surface area contributed by atoms with Gasteiger partial charge in [-0.05, 0) is 36.4 Å². The molecule has 0 aliphatic carbocycles. The summed E-state index contributed by atoms with van der Waals surface area (Å²) in [4.78, 5) is 0. The molecule has 3 aromatic carbocycles. The van der Waals surface area contributed by atoms with E-state index in [0.29, 0.717) is 0 Å². The lowest BCUT2D eigenvalue weighted by Crippen LogP contribution is -2.02. The smallest absolute Gasteiger partial charge is 0.0740 e. The molecule has 2 heterocycles. The van der Waals surface area contributed by atoms with Crippen LogP contribution in [0.1, 0.15) is 0 Å². The van der Waals surface area contributed by atoms with Gasteiger partial charge in [0.05, 0.1) is 35.2 Å². The van der Waals surface area contributed by atoms with Crippen molar-refractivity contribution in [2.75, 3.05) is 0 Å². The molecule has 2 aromatic heterocycles. The van der Waals surface area contributed by atoms with E-state index in [1.54, 1.807) is 0 Å². The second-order valence-corrected chi connectivity index (χ2v) is 6.50. The molecule has 5 aromatic rings. The first-order valence-corrected chi connectivity index (χ1v) is 9.20. The molecule has 0 spiro atoms. The minimum Gasteiger partial charge on any atom is -0.233 e. The highest BCUT2D eigenvalue weighted by Crippen LogP contribution is 2.25. The Morgan fingerprint density at radius 1 is 0.429 bits per heavy atom. The summed E-state index contributed by atoms with van der Waals surface area (Å²) < 4.78 is 3.92. The van der Waals surface area contributed by atoms with E-state index in [4.69, 9.17) is 0 Å². The largest absolute Gasteiger partial charge is 0.233 e. The minimum atomic E-state index is 1.01. The fraction of sp³-hybridized carbons (Fsp3) is 0. The highest BCUT2D eigenvalue weighted by atomic mass is 15.3. The molecule has 4 nitrogen and oxygen atoms in total. The lowest BCUT2D eigenvalue weighted by Gasteiger charge is -2.11. The van der Waals surface area contributed by atoms with Crippen LogP contribution in [0.25, 0.3) is 33.9 Å². The Hall–Kier alpha value is -3.92. The molecule has 0 atom stereocenters. The third-order valence-corrected chi connectivity index (χ3v) is 4.76. The average molecular weight is 362 g/mol. The highest BCUT2D eigenvalue weighted by molar-refractivity contribution is 5.63. The topological polar surface area (TPSA) is 35.6 Å².